The zero-order valence-corrected chi connectivity index (χ0v) is 13.2. The Morgan fingerprint density at radius 3 is 2.96 bits per heavy atom. The van der Waals surface area contributed by atoms with Crippen molar-refractivity contribution in [2.45, 2.75) is 38.6 Å². The summed E-state index contributed by atoms with van der Waals surface area (Å²) in [5.41, 5.74) is 2.51. The van der Waals surface area contributed by atoms with Crippen LogP contribution in [0.25, 0.3) is 0 Å². The van der Waals surface area contributed by atoms with Gasteiger partial charge in [-0.1, -0.05) is 17.7 Å². The van der Waals surface area contributed by atoms with Crippen LogP contribution in [0.3, 0.4) is 0 Å². The first kappa shape index (κ1) is 15.4. The van der Waals surface area contributed by atoms with Crippen molar-refractivity contribution in [3.63, 3.8) is 0 Å². The molecular formula is C17H22N6. The lowest BCUT2D eigenvalue weighted by molar-refractivity contribution is 0.678. The first-order valence-corrected chi connectivity index (χ1v) is 8.15. The summed E-state index contributed by atoms with van der Waals surface area (Å²) in [6.07, 6.45) is 11.9. The highest BCUT2D eigenvalue weighted by Crippen LogP contribution is 2.19. The fourth-order valence-corrected chi connectivity index (χ4v) is 2.61. The number of aromatic nitrogens is 4. The van der Waals surface area contributed by atoms with E-state index in [2.05, 4.69) is 36.9 Å². The Kier molecular flexibility index (Phi) is 5.50. The van der Waals surface area contributed by atoms with Crippen LogP contribution in [0.5, 0.6) is 0 Å². The predicted molar refractivity (Wildman–Crippen MR) is 91.0 cm³/mol. The van der Waals surface area contributed by atoms with Crippen molar-refractivity contribution in [2.24, 2.45) is 0 Å². The lowest BCUT2D eigenvalue weighted by Gasteiger charge is -2.13. The van der Waals surface area contributed by atoms with Crippen molar-refractivity contribution < 1.29 is 0 Å². The van der Waals surface area contributed by atoms with Gasteiger partial charge in [0.2, 0.25) is 5.95 Å². The minimum atomic E-state index is 0.562. The molecule has 0 saturated heterocycles. The Morgan fingerprint density at radius 2 is 2.13 bits per heavy atom. The summed E-state index contributed by atoms with van der Waals surface area (Å²) in [5.74, 6) is 1.26. The molecule has 0 saturated carbocycles. The van der Waals surface area contributed by atoms with Crippen molar-refractivity contribution in [3.05, 3.63) is 47.9 Å². The van der Waals surface area contributed by atoms with Crippen LogP contribution in [-0.4, -0.2) is 26.7 Å². The zero-order chi connectivity index (χ0) is 15.7. The third kappa shape index (κ3) is 5.02. The topological polar surface area (TPSA) is 75.6 Å². The largest absolute Gasteiger partial charge is 0.363 e. The van der Waals surface area contributed by atoms with Gasteiger partial charge in [-0.15, -0.1) is 5.10 Å². The van der Waals surface area contributed by atoms with Crippen molar-refractivity contribution in [3.8, 4) is 0 Å². The van der Waals surface area contributed by atoms with Crippen molar-refractivity contribution in [2.75, 3.05) is 17.2 Å². The van der Waals surface area contributed by atoms with Crippen LogP contribution in [0.4, 0.5) is 11.8 Å². The molecule has 120 valence electrons. The van der Waals surface area contributed by atoms with E-state index in [9.17, 15) is 0 Å². The number of hydrogen-bond acceptors (Lipinski definition) is 6. The fraction of sp³-hybridized carbons (Fsp3) is 0.412. The SMILES string of the molecule is C1=C(CCNc2nncc(NCc3ccccn3)n2)CCCC1. The summed E-state index contributed by atoms with van der Waals surface area (Å²) in [6.45, 7) is 1.46. The van der Waals surface area contributed by atoms with Crippen LogP contribution < -0.4 is 10.6 Å². The molecule has 2 heterocycles. The minimum Gasteiger partial charge on any atom is -0.363 e. The molecule has 1 aliphatic carbocycles. The van der Waals surface area contributed by atoms with Gasteiger partial charge in [0.05, 0.1) is 18.4 Å². The summed E-state index contributed by atoms with van der Waals surface area (Å²) in [5, 5.41) is 14.5. The molecule has 0 unspecified atom stereocenters. The van der Waals surface area contributed by atoms with E-state index in [1.807, 2.05) is 18.2 Å². The monoisotopic (exact) mass is 310 g/mol. The second-order valence-electron chi connectivity index (χ2n) is 5.62. The number of hydrogen-bond donors (Lipinski definition) is 2. The highest BCUT2D eigenvalue weighted by molar-refractivity contribution is 5.37. The highest BCUT2D eigenvalue weighted by Gasteiger charge is 2.04. The Balaban J connectivity index is 1.48. The van der Waals surface area contributed by atoms with Gasteiger partial charge in [0.1, 0.15) is 0 Å². The Bertz CT molecular complexity index is 641. The van der Waals surface area contributed by atoms with Crippen molar-refractivity contribution in [1.82, 2.24) is 20.2 Å². The first-order chi connectivity index (χ1) is 11.4. The summed E-state index contributed by atoms with van der Waals surface area (Å²) in [7, 11) is 0. The molecule has 3 rings (SSSR count). The predicted octanol–water partition coefficient (Wildman–Crippen LogP) is 3.18. The van der Waals surface area contributed by atoms with Gasteiger partial charge in [-0.3, -0.25) is 4.98 Å². The molecule has 2 aromatic heterocycles. The molecule has 0 atom stereocenters. The minimum absolute atomic E-state index is 0.562. The average Bonchev–Trinajstić information content (AvgIpc) is 2.62. The number of allylic oxidation sites excluding steroid dienone is 1. The van der Waals surface area contributed by atoms with Crippen LogP contribution in [0.15, 0.2) is 42.2 Å². The fourth-order valence-electron chi connectivity index (χ4n) is 2.61. The number of nitrogens with one attached hydrogen (secondary N) is 2. The van der Waals surface area contributed by atoms with E-state index < -0.39 is 0 Å². The van der Waals surface area contributed by atoms with E-state index in [4.69, 9.17) is 0 Å². The van der Waals surface area contributed by atoms with Gasteiger partial charge in [0, 0.05) is 12.7 Å². The third-order valence-electron chi connectivity index (χ3n) is 3.85. The first-order valence-electron chi connectivity index (χ1n) is 8.15. The lowest BCUT2D eigenvalue weighted by Crippen LogP contribution is -2.10. The van der Waals surface area contributed by atoms with Crippen LogP contribution in [0.2, 0.25) is 0 Å². The zero-order valence-electron chi connectivity index (χ0n) is 13.2. The molecule has 23 heavy (non-hydrogen) atoms. The molecule has 0 radical (unpaired) electrons. The second-order valence-corrected chi connectivity index (χ2v) is 5.62. The molecule has 2 N–H and O–H groups in total. The molecule has 0 bridgehead atoms. The summed E-state index contributed by atoms with van der Waals surface area (Å²) in [6, 6.07) is 5.84. The van der Waals surface area contributed by atoms with E-state index in [0.717, 1.165) is 18.7 Å². The van der Waals surface area contributed by atoms with E-state index in [0.29, 0.717) is 18.3 Å². The molecule has 2 aromatic rings. The van der Waals surface area contributed by atoms with Crippen LogP contribution in [0, 0.1) is 0 Å². The number of rotatable bonds is 7. The van der Waals surface area contributed by atoms with Gasteiger partial charge >= 0.3 is 0 Å². The Morgan fingerprint density at radius 1 is 1.13 bits per heavy atom. The number of pyridine rings is 1. The van der Waals surface area contributed by atoms with E-state index in [1.165, 1.54) is 25.7 Å². The standard InChI is InChI=1S/C17H22N6/c1-2-6-14(7-3-1)9-11-19-17-22-16(13-21-23-17)20-12-15-8-4-5-10-18-15/h4-6,8,10,13H,1-3,7,9,11-12H2,(H2,19,20,22,23). The number of anilines is 2. The molecule has 1 aliphatic rings. The molecule has 6 nitrogen and oxygen atoms in total. The second kappa shape index (κ2) is 8.22. The maximum absolute atomic E-state index is 4.43. The normalized spacial score (nSPS) is 14.2. The van der Waals surface area contributed by atoms with Gasteiger partial charge in [-0.25, -0.2) is 0 Å². The quantitative estimate of drug-likeness (QED) is 0.765. The van der Waals surface area contributed by atoms with Gasteiger partial charge in [0.25, 0.3) is 0 Å². The molecule has 0 aliphatic heterocycles. The molecule has 6 heteroatoms. The van der Waals surface area contributed by atoms with Gasteiger partial charge in [-0.05, 0) is 44.2 Å². The molecular weight excluding hydrogens is 288 g/mol. The van der Waals surface area contributed by atoms with Gasteiger partial charge in [-0.2, -0.15) is 10.1 Å². The van der Waals surface area contributed by atoms with Crippen molar-refractivity contribution in [1.29, 1.82) is 0 Å². The van der Waals surface area contributed by atoms with Gasteiger partial charge in [0.15, 0.2) is 5.82 Å². The van der Waals surface area contributed by atoms with Crippen LogP contribution in [-0.2, 0) is 6.54 Å². The average molecular weight is 310 g/mol. The van der Waals surface area contributed by atoms with Crippen molar-refractivity contribution >= 4 is 11.8 Å². The Hall–Kier alpha value is -2.50. The summed E-state index contributed by atoms with van der Waals surface area (Å²) in [4.78, 5) is 8.70. The van der Waals surface area contributed by atoms with E-state index in [-0.39, 0.29) is 0 Å². The Labute approximate surface area is 136 Å². The maximum atomic E-state index is 4.43. The molecule has 0 spiro atoms. The van der Waals surface area contributed by atoms with Crippen LogP contribution >= 0.6 is 0 Å². The number of nitrogens with zero attached hydrogens (tertiary/aromatic N) is 4. The molecule has 0 fully saturated rings. The lowest BCUT2D eigenvalue weighted by atomic mass is 9.97. The molecule has 0 aromatic carbocycles. The van der Waals surface area contributed by atoms with E-state index >= 15 is 0 Å². The van der Waals surface area contributed by atoms with E-state index in [1.54, 1.807) is 18.0 Å². The summed E-state index contributed by atoms with van der Waals surface area (Å²) < 4.78 is 0. The summed E-state index contributed by atoms with van der Waals surface area (Å²) >= 11 is 0. The van der Waals surface area contributed by atoms with Crippen LogP contribution in [0.1, 0.15) is 37.8 Å². The smallest absolute Gasteiger partial charge is 0.244 e. The molecule has 0 amide bonds. The highest BCUT2D eigenvalue weighted by atomic mass is 15.3. The van der Waals surface area contributed by atoms with Gasteiger partial charge < -0.3 is 10.6 Å². The maximum Gasteiger partial charge on any atom is 0.244 e. The third-order valence-corrected chi connectivity index (χ3v) is 3.85.